The van der Waals surface area contributed by atoms with Crippen molar-refractivity contribution >= 4 is 11.6 Å². The van der Waals surface area contributed by atoms with Crippen LogP contribution in [0, 0.1) is 18.3 Å². The summed E-state index contributed by atoms with van der Waals surface area (Å²) >= 11 is 0. The molecule has 0 spiro atoms. The van der Waals surface area contributed by atoms with Gasteiger partial charge in [-0.15, -0.1) is 5.10 Å². The van der Waals surface area contributed by atoms with Gasteiger partial charge in [0.15, 0.2) is 0 Å². The highest BCUT2D eigenvalue weighted by molar-refractivity contribution is 6.04. The molecule has 7 heteroatoms. The van der Waals surface area contributed by atoms with Crippen LogP contribution in [0.1, 0.15) is 34.3 Å². The second-order valence-corrected chi connectivity index (χ2v) is 8.02. The van der Waals surface area contributed by atoms with Gasteiger partial charge in [-0.1, -0.05) is 23.4 Å². The fraction of sp³-hybridized carbons (Fsp3) is 0.160. The van der Waals surface area contributed by atoms with Gasteiger partial charge in [-0.3, -0.25) is 9.78 Å². The van der Waals surface area contributed by atoms with Gasteiger partial charge >= 0.3 is 0 Å². The van der Waals surface area contributed by atoms with Crippen LogP contribution in [-0.2, 0) is 5.41 Å². The van der Waals surface area contributed by atoms with Crippen molar-refractivity contribution in [1.82, 2.24) is 20.0 Å². The van der Waals surface area contributed by atoms with Gasteiger partial charge in [-0.25, -0.2) is 4.68 Å². The van der Waals surface area contributed by atoms with Crippen molar-refractivity contribution in [3.8, 4) is 23.0 Å². The predicted octanol–water partition coefficient (Wildman–Crippen LogP) is 4.45. The van der Waals surface area contributed by atoms with Crippen LogP contribution < -0.4 is 5.32 Å². The lowest BCUT2D eigenvalue weighted by Gasteiger charge is -2.11. The van der Waals surface area contributed by atoms with Gasteiger partial charge in [0, 0.05) is 29.2 Å². The fourth-order valence-electron chi connectivity index (χ4n) is 3.71. The van der Waals surface area contributed by atoms with Gasteiger partial charge in [0.25, 0.3) is 5.91 Å². The standard InChI is InChI=1S/C25H20N6O/c1-17-7-8-18(12-23(17)31-15-22(29-30-31)19-4-3-11-27-14-19)24(32)28-21-6-2-5-20(13-21)25(16-26)9-10-25/h2-8,11-15H,9-10H2,1H3,(H,28,32). The van der Waals surface area contributed by atoms with E-state index >= 15 is 0 Å². The molecule has 0 unspecified atom stereocenters. The van der Waals surface area contributed by atoms with Gasteiger partial charge in [0.05, 0.1) is 23.4 Å². The molecular weight excluding hydrogens is 400 g/mol. The van der Waals surface area contributed by atoms with E-state index < -0.39 is 5.41 Å². The Morgan fingerprint density at radius 2 is 2.03 bits per heavy atom. The number of hydrogen-bond donors (Lipinski definition) is 1. The van der Waals surface area contributed by atoms with Crippen LogP contribution >= 0.6 is 0 Å². The van der Waals surface area contributed by atoms with E-state index in [1.807, 2.05) is 55.6 Å². The summed E-state index contributed by atoms with van der Waals surface area (Å²) in [6, 6.07) is 19.2. The number of aromatic nitrogens is 4. The first-order valence-electron chi connectivity index (χ1n) is 10.3. The molecule has 2 aromatic carbocycles. The van der Waals surface area contributed by atoms with E-state index in [-0.39, 0.29) is 5.91 Å². The summed E-state index contributed by atoms with van der Waals surface area (Å²) in [4.78, 5) is 17.1. The molecule has 1 aliphatic rings. The Balaban J connectivity index is 1.40. The third-order valence-electron chi connectivity index (χ3n) is 5.81. The Labute approximate surface area is 185 Å². The first-order chi connectivity index (χ1) is 15.6. The Bertz CT molecular complexity index is 1350. The maximum Gasteiger partial charge on any atom is 0.255 e. The summed E-state index contributed by atoms with van der Waals surface area (Å²) in [5.74, 6) is -0.224. The number of amides is 1. The third-order valence-corrected chi connectivity index (χ3v) is 5.81. The Hall–Kier alpha value is -4.31. The average molecular weight is 420 g/mol. The molecule has 0 saturated heterocycles. The maximum absolute atomic E-state index is 13.0. The van der Waals surface area contributed by atoms with Crippen molar-refractivity contribution in [2.75, 3.05) is 5.32 Å². The van der Waals surface area contributed by atoms with E-state index in [1.54, 1.807) is 29.2 Å². The van der Waals surface area contributed by atoms with Crippen LogP contribution in [0.5, 0.6) is 0 Å². The van der Waals surface area contributed by atoms with Gasteiger partial charge in [-0.05, 0) is 67.3 Å². The van der Waals surface area contributed by atoms with E-state index in [0.717, 1.165) is 35.2 Å². The molecule has 5 rings (SSSR count). The van der Waals surface area contributed by atoms with Gasteiger partial charge in [0.1, 0.15) is 5.69 Å². The predicted molar refractivity (Wildman–Crippen MR) is 120 cm³/mol. The second kappa shape index (κ2) is 7.75. The summed E-state index contributed by atoms with van der Waals surface area (Å²) < 4.78 is 1.67. The molecule has 1 amide bonds. The molecule has 4 aromatic rings. The number of anilines is 1. The summed E-state index contributed by atoms with van der Waals surface area (Å²) in [5.41, 5.74) is 5.06. The Kier molecular flexibility index (Phi) is 4.75. The number of benzene rings is 2. The van der Waals surface area contributed by atoms with Gasteiger partial charge < -0.3 is 5.32 Å². The first-order valence-corrected chi connectivity index (χ1v) is 10.3. The van der Waals surface area contributed by atoms with Gasteiger partial charge in [-0.2, -0.15) is 5.26 Å². The summed E-state index contributed by atoms with van der Waals surface area (Å²) in [6.07, 6.45) is 6.99. The molecule has 32 heavy (non-hydrogen) atoms. The third kappa shape index (κ3) is 3.63. The molecule has 1 fully saturated rings. The van der Waals surface area contributed by atoms with E-state index in [0.29, 0.717) is 16.9 Å². The number of hydrogen-bond acceptors (Lipinski definition) is 5. The molecule has 7 nitrogen and oxygen atoms in total. The molecule has 0 atom stereocenters. The van der Waals surface area contributed by atoms with Crippen molar-refractivity contribution in [3.05, 3.63) is 89.9 Å². The molecule has 1 N–H and O–H groups in total. The van der Waals surface area contributed by atoms with Gasteiger partial charge in [0.2, 0.25) is 0 Å². The lowest BCUT2D eigenvalue weighted by atomic mass is 9.97. The monoisotopic (exact) mass is 420 g/mol. The number of rotatable bonds is 5. The molecule has 0 aliphatic heterocycles. The molecule has 1 saturated carbocycles. The van der Waals surface area contributed by atoms with E-state index in [9.17, 15) is 10.1 Å². The molecular formula is C25H20N6O. The number of carbonyl (C=O) groups excluding carboxylic acids is 1. The van der Waals surface area contributed by atoms with E-state index in [2.05, 4.69) is 26.7 Å². The zero-order valence-electron chi connectivity index (χ0n) is 17.5. The SMILES string of the molecule is Cc1ccc(C(=O)Nc2cccc(C3(C#N)CC3)c2)cc1-n1cc(-c2cccnc2)nn1. The Morgan fingerprint density at radius 1 is 1.16 bits per heavy atom. The average Bonchev–Trinajstić information content (AvgIpc) is 3.48. The lowest BCUT2D eigenvalue weighted by molar-refractivity contribution is 0.102. The lowest BCUT2D eigenvalue weighted by Crippen LogP contribution is -2.13. The smallest absolute Gasteiger partial charge is 0.255 e. The zero-order chi connectivity index (χ0) is 22.1. The van der Waals surface area contributed by atoms with Crippen LogP contribution in [0.25, 0.3) is 16.9 Å². The molecule has 2 aromatic heterocycles. The topological polar surface area (TPSA) is 96.5 Å². The van der Waals surface area contributed by atoms with Crippen molar-refractivity contribution in [2.45, 2.75) is 25.2 Å². The number of aryl methyl sites for hydroxylation is 1. The van der Waals surface area contributed by atoms with E-state index in [4.69, 9.17) is 0 Å². The summed E-state index contributed by atoms with van der Waals surface area (Å²) in [7, 11) is 0. The highest BCUT2D eigenvalue weighted by atomic mass is 16.1. The number of nitriles is 1. The molecule has 1 aliphatic carbocycles. The number of nitrogens with one attached hydrogen (secondary N) is 1. The maximum atomic E-state index is 13.0. The van der Waals surface area contributed by atoms with Crippen molar-refractivity contribution < 1.29 is 4.79 Å². The minimum absolute atomic E-state index is 0.224. The normalized spacial score (nSPS) is 13.9. The fourth-order valence-corrected chi connectivity index (χ4v) is 3.71. The quantitative estimate of drug-likeness (QED) is 0.515. The minimum atomic E-state index is -0.392. The Morgan fingerprint density at radius 3 is 2.78 bits per heavy atom. The molecule has 0 radical (unpaired) electrons. The van der Waals surface area contributed by atoms with Crippen LogP contribution in [0.2, 0.25) is 0 Å². The van der Waals surface area contributed by atoms with Crippen LogP contribution in [0.3, 0.4) is 0 Å². The van der Waals surface area contributed by atoms with Crippen LogP contribution in [0.4, 0.5) is 5.69 Å². The first kappa shape index (κ1) is 19.6. The molecule has 156 valence electrons. The number of carbonyl (C=O) groups is 1. The largest absolute Gasteiger partial charge is 0.322 e. The summed E-state index contributed by atoms with van der Waals surface area (Å²) in [6.45, 7) is 1.96. The highest BCUT2D eigenvalue weighted by Crippen LogP contribution is 2.47. The van der Waals surface area contributed by atoms with E-state index in [1.165, 1.54) is 0 Å². The summed E-state index contributed by atoms with van der Waals surface area (Å²) in [5, 5.41) is 20.9. The van der Waals surface area contributed by atoms with Crippen molar-refractivity contribution in [3.63, 3.8) is 0 Å². The molecule has 2 heterocycles. The highest BCUT2D eigenvalue weighted by Gasteiger charge is 2.44. The molecule has 0 bridgehead atoms. The second-order valence-electron chi connectivity index (χ2n) is 8.02. The van der Waals surface area contributed by atoms with Crippen LogP contribution in [0.15, 0.2) is 73.2 Å². The number of nitrogens with zero attached hydrogens (tertiary/aromatic N) is 5. The van der Waals surface area contributed by atoms with Crippen LogP contribution in [-0.4, -0.2) is 25.9 Å². The van der Waals surface area contributed by atoms with Crippen molar-refractivity contribution in [2.24, 2.45) is 0 Å². The minimum Gasteiger partial charge on any atom is -0.322 e. The zero-order valence-corrected chi connectivity index (χ0v) is 17.5. The van der Waals surface area contributed by atoms with Crippen molar-refractivity contribution in [1.29, 1.82) is 5.26 Å². The number of pyridine rings is 1.